The quantitative estimate of drug-likeness (QED) is 0.595. The van der Waals surface area contributed by atoms with Crippen LogP contribution in [0, 0.1) is 6.92 Å². The number of unbranched alkanes of at least 4 members (excludes halogenated alkanes) is 1. The molecule has 1 saturated heterocycles. The Labute approximate surface area is 166 Å². The SMILES string of the molecule is Cc1ccc(OCCCCN2CCN(c3cccc(Cl)c3Cl)CC2)cc1. The Morgan fingerprint density at radius 3 is 2.38 bits per heavy atom. The van der Waals surface area contributed by atoms with Gasteiger partial charge in [-0.15, -0.1) is 0 Å². The van der Waals surface area contributed by atoms with Crippen molar-refractivity contribution in [3.8, 4) is 5.75 Å². The molecule has 0 aliphatic carbocycles. The summed E-state index contributed by atoms with van der Waals surface area (Å²) < 4.78 is 5.80. The summed E-state index contributed by atoms with van der Waals surface area (Å²) in [6, 6.07) is 14.1. The molecular formula is C21H26Cl2N2O. The highest BCUT2D eigenvalue weighted by atomic mass is 35.5. The van der Waals surface area contributed by atoms with Gasteiger partial charge in [-0.1, -0.05) is 47.0 Å². The molecule has 0 aromatic heterocycles. The second-order valence-electron chi connectivity index (χ2n) is 6.77. The van der Waals surface area contributed by atoms with Gasteiger partial charge in [0, 0.05) is 26.2 Å². The van der Waals surface area contributed by atoms with Crippen molar-refractivity contribution in [1.82, 2.24) is 4.90 Å². The predicted molar refractivity (Wildman–Crippen MR) is 111 cm³/mol. The van der Waals surface area contributed by atoms with Crippen LogP contribution in [0.25, 0.3) is 0 Å². The summed E-state index contributed by atoms with van der Waals surface area (Å²) in [5.41, 5.74) is 2.31. The van der Waals surface area contributed by atoms with E-state index in [9.17, 15) is 0 Å². The Balaban J connectivity index is 1.34. The number of rotatable bonds is 7. The molecule has 0 N–H and O–H groups in total. The van der Waals surface area contributed by atoms with Crippen LogP contribution in [0.15, 0.2) is 42.5 Å². The van der Waals surface area contributed by atoms with Crippen LogP contribution >= 0.6 is 23.2 Å². The maximum absolute atomic E-state index is 6.34. The molecular weight excluding hydrogens is 367 g/mol. The molecule has 0 amide bonds. The molecule has 1 aliphatic rings. The van der Waals surface area contributed by atoms with E-state index in [2.05, 4.69) is 28.9 Å². The van der Waals surface area contributed by atoms with E-state index in [-0.39, 0.29) is 0 Å². The van der Waals surface area contributed by atoms with E-state index in [0.29, 0.717) is 10.0 Å². The zero-order valence-electron chi connectivity index (χ0n) is 15.3. The van der Waals surface area contributed by atoms with Gasteiger partial charge < -0.3 is 9.64 Å². The molecule has 140 valence electrons. The Morgan fingerprint density at radius 2 is 1.65 bits per heavy atom. The highest BCUT2D eigenvalue weighted by Crippen LogP contribution is 2.32. The zero-order valence-corrected chi connectivity index (χ0v) is 16.8. The summed E-state index contributed by atoms with van der Waals surface area (Å²) in [4.78, 5) is 4.84. The number of anilines is 1. The van der Waals surface area contributed by atoms with Gasteiger partial charge >= 0.3 is 0 Å². The second kappa shape index (κ2) is 9.50. The van der Waals surface area contributed by atoms with Crippen molar-refractivity contribution in [2.24, 2.45) is 0 Å². The minimum atomic E-state index is 0.625. The number of halogens is 2. The summed E-state index contributed by atoms with van der Waals surface area (Å²) in [6.45, 7) is 8.07. The van der Waals surface area contributed by atoms with Crippen LogP contribution in [0.3, 0.4) is 0 Å². The van der Waals surface area contributed by atoms with Crippen molar-refractivity contribution >= 4 is 28.9 Å². The van der Waals surface area contributed by atoms with E-state index in [0.717, 1.165) is 63.6 Å². The minimum absolute atomic E-state index is 0.625. The van der Waals surface area contributed by atoms with Crippen molar-refractivity contribution < 1.29 is 4.74 Å². The number of aryl methyl sites for hydroxylation is 1. The van der Waals surface area contributed by atoms with E-state index >= 15 is 0 Å². The topological polar surface area (TPSA) is 15.7 Å². The molecule has 1 aliphatic heterocycles. The Hall–Kier alpha value is -1.42. The molecule has 5 heteroatoms. The van der Waals surface area contributed by atoms with Crippen LogP contribution in [0.4, 0.5) is 5.69 Å². The number of ether oxygens (including phenoxy) is 1. The van der Waals surface area contributed by atoms with E-state index in [1.54, 1.807) is 0 Å². The average Bonchev–Trinajstić information content (AvgIpc) is 2.66. The molecule has 1 heterocycles. The van der Waals surface area contributed by atoms with Crippen LogP contribution in [-0.2, 0) is 0 Å². The number of benzene rings is 2. The van der Waals surface area contributed by atoms with Gasteiger partial charge in [0.1, 0.15) is 5.75 Å². The number of hydrogen-bond acceptors (Lipinski definition) is 3. The summed E-state index contributed by atoms with van der Waals surface area (Å²) >= 11 is 12.5. The van der Waals surface area contributed by atoms with Crippen molar-refractivity contribution in [1.29, 1.82) is 0 Å². The lowest BCUT2D eigenvalue weighted by Gasteiger charge is -2.36. The molecule has 0 spiro atoms. The normalized spacial score (nSPS) is 15.3. The largest absolute Gasteiger partial charge is 0.494 e. The van der Waals surface area contributed by atoms with E-state index in [1.807, 2.05) is 30.3 Å². The number of piperazine rings is 1. The highest BCUT2D eigenvalue weighted by molar-refractivity contribution is 6.43. The van der Waals surface area contributed by atoms with Crippen LogP contribution in [0.5, 0.6) is 5.75 Å². The van der Waals surface area contributed by atoms with Crippen molar-refractivity contribution in [2.45, 2.75) is 19.8 Å². The van der Waals surface area contributed by atoms with Gasteiger partial charge in [0.05, 0.1) is 22.3 Å². The fourth-order valence-corrected chi connectivity index (χ4v) is 3.63. The molecule has 1 fully saturated rings. The fraction of sp³-hybridized carbons (Fsp3) is 0.429. The number of nitrogens with zero attached hydrogens (tertiary/aromatic N) is 2. The minimum Gasteiger partial charge on any atom is -0.494 e. The third kappa shape index (κ3) is 5.29. The molecule has 0 unspecified atom stereocenters. The van der Waals surface area contributed by atoms with Crippen LogP contribution in [0.2, 0.25) is 10.0 Å². The predicted octanol–water partition coefficient (Wildman–Crippen LogP) is 5.28. The molecule has 0 saturated carbocycles. The summed E-state index contributed by atoms with van der Waals surface area (Å²) in [7, 11) is 0. The lowest BCUT2D eigenvalue weighted by molar-refractivity contribution is 0.238. The first-order chi connectivity index (χ1) is 12.6. The van der Waals surface area contributed by atoms with Crippen molar-refractivity contribution in [2.75, 3.05) is 44.2 Å². The zero-order chi connectivity index (χ0) is 18.4. The molecule has 0 bridgehead atoms. The molecule has 3 rings (SSSR count). The standard InChI is InChI=1S/C21H26Cl2N2O/c1-17-7-9-18(10-8-17)26-16-3-2-11-24-12-14-25(15-13-24)20-6-4-5-19(22)21(20)23/h4-10H,2-3,11-16H2,1H3. The summed E-state index contributed by atoms with van der Waals surface area (Å²) in [5.74, 6) is 0.961. The third-order valence-electron chi connectivity index (χ3n) is 4.80. The first-order valence-corrected chi connectivity index (χ1v) is 10.00. The van der Waals surface area contributed by atoms with E-state index < -0.39 is 0 Å². The Bertz CT molecular complexity index is 698. The molecule has 26 heavy (non-hydrogen) atoms. The van der Waals surface area contributed by atoms with Crippen molar-refractivity contribution in [3.05, 3.63) is 58.1 Å². The van der Waals surface area contributed by atoms with Crippen LogP contribution in [0.1, 0.15) is 18.4 Å². The second-order valence-corrected chi connectivity index (χ2v) is 7.56. The maximum Gasteiger partial charge on any atom is 0.119 e. The average molecular weight is 393 g/mol. The monoisotopic (exact) mass is 392 g/mol. The third-order valence-corrected chi connectivity index (χ3v) is 5.61. The highest BCUT2D eigenvalue weighted by Gasteiger charge is 2.19. The lowest BCUT2D eigenvalue weighted by atomic mass is 10.2. The van der Waals surface area contributed by atoms with Crippen LogP contribution in [-0.4, -0.2) is 44.2 Å². The molecule has 0 atom stereocenters. The van der Waals surface area contributed by atoms with Gasteiger partial charge in [-0.2, -0.15) is 0 Å². The smallest absolute Gasteiger partial charge is 0.119 e. The van der Waals surface area contributed by atoms with Gasteiger partial charge in [0.15, 0.2) is 0 Å². The first-order valence-electron chi connectivity index (χ1n) is 9.24. The summed E-state index contributed by atoms with van der Waals surface area (Å²) in [6.07, 6.45) is 2.23. The maximum atomic E-state index is 6.34. The lowest BCUT2D eigenvalue weighted by Crippen LogP contribution is -2.46. The van der Waals surface area contributed by atoms with Gasteiger partial charge in [-0.25, -0.2) is 0 Å². The molecule has 3 nitrogen and oxygen atoms in total. The van der Waals surface area contributed by atoms with Crippen molar-refractivity contribution in [3.63, 3.8) is 0 Å². The first kappa shape index (κ1) is 19.3. The molecule has 2 aromatic rings. The van der Waals surface area contributed by atoms with E-state index in [4.69, 9.17) is 27.9 Å². The molecule has 2 aromatic carbocycles. The van der Waals surface area contributed by atoms with Crippen LogP contribution < -0.4 is 9.64 Å². The Kier molecular flexibility index (Phi) is 7.07. The van der Waals surface area contributed by atoms with Gasteiger partial charge in [0.2, 0.25) is 0 Å². The van der Waals surface area contributed by atoms with Gasteiger partial charge in [0.25, 0.3) is 0 Å². The van der Waals surface area contributed by atoms with Gasteiger partial charge in [-0.3, -0.25) is 4.90 Å². The molecule has 0 radical (unpaired) electrons. The number of hydrogen-bond donors (Lipinski definition) is 0. The Morgan fingerprint density at radius 1 is 0.923 bits per heavy atom. The summed E-state index contributed by atoms with van der Waals surface area (Å²) in [5, 5.41) is 1.29. The van der Waals surface area contributed by atoms with Gasteiger partial charge in [-0.05, 0) is 50.6 Å². The fourth-order valence-electron chi connectivity index (χ4n) is 3.21. The van der Waals surface area contributed by atoms with E-state index in [1.165, 1.54) is 5.56 Å².